The molecule has 1 heterocycles. The fourth-order valence-electron chi connectivity index (χ4n) is 3.37. The van der Waals surface area contributed by atoms with Gasteiger partial charge < -0.3 is 0 Å². The molecule has 0 saturated carbocycles. The summed E-state index contributed by atoms with van der Waals surface area (Å²) in [6, 6.07) is 19.3. The lowest BCUT2D eigenvalue weighted by atomic mass is 10.0. The van der Waals surface area contributed by atoms with Crippen molar-refractivity contribution in [2.45, 2.75) is 4.90 Å². The molecule has 0 spiro atoms. The smallest absolute Gasteiger partial charge is 0.270 e. The predicted molar refractivity (Wildman–Crippen MR) is 116 cm³/mol. The molecule has 0 N–H and O–H groups in total. The van der Waals surface area contributed by atoms with Gasteiger partial charge in [0.1, 0.15) is 0 Å². The van der Waals surface area contributed by atoms with Gasteiger partial charge in [-0.3, -0.25) is 29.4 Å². The first kappa shape index (κ1) is 20.5. The number of fused-ring (bicyclic) bond motifs is 1. The molecular weight excluding hydrogens is 416 g/mol. The van der Waals surface area contributed by atoms with Gasteiger partial charge >= 0.3 is 0 Å². The molecule has 0 atom stereocenters. The number of amides is 2. The Morgan fingerprint density at radius 3 is 2.13 bits per heavy atom. The van der Waals surface area contributed by atoms with E-state index in [4.69, 9.17) is 0 Å². The molecular formula is C23H16N2O5S. The van der Waals surface area contributed by atoms with E-state index < -0.39 is 4.92 Å². The quantitative estimate of drug-likeness (QED) is 0.182. The highest BCUT2D eigenvalue weighted by Crippen LogP contribution is 2.30. The summed E-state index contributed by atoms with van der Waals surface area (Å²) in [4.78, 5) is 50.3. The molecule has 8 heteroatoms. The Labute approximate surface area is 181 Å². The first-order valence-corrected chi connectivity index (χ1v) is 10.4. The average molecular weight is 432 g/mol. The fourth-order valence-corrected chi connectivity index (χ4v) is 4.33. The highest BCUT2D eigenvalue weighted by Gasteiger charge is 2.34. The van der Waals surface area contributed by atoms with E-state index in [9.17, 15) is 24.5 Å². The van der Waals surface area contributed by atoms with Gasteiger partial charge in [-0.25, -0.2) is 0 Å². The van der Waals surface area contributed by atoms with Crippen molar-refractivity contribution in [3.05, 3.63) is 105 Å². The van der Waals surface area contributed by atoms with E-state index in [1.165, 1.54) is 34.9 Å². The highest BCUT2D eigenvalue weighted by atomic mass is 32.2. The number of benzene rings is 3. The average Bonchev–Trinajstić information content (AvgIpc) is 3.04. The lowest BCUT2D eigenvalue weighted by Gasteiger charge is -2.14. The monoisotopic (exact) mass is 432 g/mol. The van der Waals surface area contributed by atoms with Gasteiger partial charge in [-0.15, -0.1) is 11.8 Å². The minimum atomic E-state index is -0.547. The van der Waals surface area contributed by atoms with E-state index in [0.717, 1.165) is 0 Å². The number of carbonyl (C=O) groups excluding carboxylic acids is 3. The maximum Gasteiger partial charge on any atom is 0.270 e. The zero-order valence-electron chi connectivity index (χ0n) is 16.2. The van der Waals surface area contributed by atoms with E-state index >= 15 is 0 Å². The van der Waals surface area contributed by atoms with Crippen LogP contribution in [0.15, 0.2) is 77.7 Å². The Morgan fingerprint density at radius 1 is 0.903 bits per heavy atom. The van der Waals surface area contributed by atoms with E-state index in [1.54, 1.807) is 54.6 Å². The standard InChI is InChI=1S/C23H16N2O5S/c26-21(15-6-2-1-3-7-15)19-14-16(25(29)30)10-11-20(19)31-13-12-24-22(27)17-8-4-5-9-18(17)23(24)28/h1-11,14H,12-13H2. The lowest BCUT2D eigenvalue weighted by Crippen LogP contribution is -2.31. The van der Waals surface area contributed by atoms with Crippen molar-refractivity contribution in [3.63, 3.8) is 0 Å². The van der Waals surface area contributed by atoms with Crippen LogP contribution < -0.4 is 0 Å². The molecule has 0 aromatic heterocycles. The van der Waals surface area contributed by atoms with Crippen LogP contribution in [-0.4, -0.2) is 39.7 Å². The molecule has 7 nitrogen and oxygen atoms in total. The van der Waals surface area contributed by atoms with Crippen molar-refractivity contribution < 1.29 is 19.3 Å². The summed E-state index contributed by atoms with van der Waals surface area (Å²) in [5, 5.41) is 11.2. The van der Waals surface area contributed by atoms with Crippen molar-refractivity contribution >= 4 is 35.0 Å². The highest BCUT2D eigenvalue weighted by molar-refractivity contribution is 7.99. The summed E-state index contributed by atoms with van der Waals surface area (Å²) >= 11 is 1.27. The molecule has 3 aromatic carbocycles. The van der Waals surface area contributed by atoms with Crippen molar-refractivity contribution in [3.8, 4) is 0 Å². The number of hydrogen-bond acceptors (Lipinski definition) is 6. The van der Waals surface area contributed by atoms with Gasteiger partial charge in [-0.1, -0.05) is 42.5 Å². The molecule has 0 aliphatic carbocycles. The Morgan fingerprint density at radius 2 is 1.52 bits per heavy atom. The third kappa shape index (κ3) is 3.97. The van der Waals surface area contributed by atoms with Crippen molar-refractivity contribution in [1.29, 1.82) is 0 Å². The van der Waals surface area contributed by atoms with Gasteiger partial charge in [0.2, 0.25) is 0 Å². The summed E-state index contributed by atoms with van der Waals surface area (Å²) in [7, 11) is 0. The van der Waals surface area contributed by atoms with Gasteiger partial charge in [-0.05, 0) is 18.2 Å². The Kier molecular flexibility index (Phi) is 5.64. The van der Waals surface area contributed by atoms with E-state index in [0.29, 0.717) is 27.3 Å². The van der Waals surface area contributed by atoms with Crippen molar-refractivity contribution in [2.75, 3.05) is 12.3 Å². The van der Waals surface area contributed by atoms with Crippen molar-refractivity contribution in [1.82, 2.24) is 4.90 Å². The molecule has 1 aliphatic heterocycles. The molecule has 4 rings (SSSR count). The Hall–Kier alpha value is -3.78. The van der Waals surface area contributed by atoms with Gasteiger partial charge in [-0.2, -0.15) is 0 Å². The van der Waals surface area contributed by atoms with Gasteiger partial charge in [0, 0.05) is 40.5 Å². The summed E-state index contributed by atoms with van der Waals surface area (Å²) in [5.74, 6) is -0.665. The first-order valence-electron chi connectivity index (χ1n) is 9.43. The third-order valence-electron chi connectivity index (χ3n) is 4.91. The molecule has 31 heavy (non-hydrogen) atoms. The molecule has 154 valence electrons. The minimum Gasteiger partial charge on any atom is -0.289 e. The molecule has 1 aliphatic rings. The number of nitro groups is 1. The van der Waals surface area contributed by atoms with E-state index in [-0.39, 0.29) is 35.4 Å². The van der Waals surface area contributed by atoms with E-state index in [2.05, 4.69) is 0 Å². The zero-order chi connectivity index (χ0) is 22.0. The number of hydrogen-bond donors (Lipinski definition) is 0. The van der Waals surface area contributed by atoms with Gasteiger partial charge in [0.15, 0.2) is 5.78 Å². The minimum absolute atomic E-state index is 0.160. The number of thioether (sulfide) groups is 1. The number of nitrogens with zero attached hydrogens (tertiary/aromatic N) is 2. The lowest BCUT2D eigenvalue weighted by molar-refractivity contribution is -0.384. The number of ketones is 1. The Bertz CT molecular complexity index is 1170. The summed E-state index contributed by atoms with van der Waals surface area (Å²) in [5.41, 5.74) is 1.22. The van der Waals surface area contributed by atoms with Crippen LogP contribution in [-0.2, 0) is 0 Å². The maximum atomic E-state index is 13.0. The molecule has 0 saturated heterocycles. The van der Waals surface area contributed by atoms with Crippen LogP contribution in [0.2, 0.25) is 0 Å². The summed E-state index contributed by atoms with van der Waals surface area (Å²) in [6.45, 7) is 0.160. The Balaban J connectivity index is 1.54. The molecule has 0 radical (unpaired) electrons. The number of rotatable bonds is 7. The number of nitro benzene ring substituents is 1. The van der Waals surface area contributed by atoms with Crippen molar-refractivity contribution in [2.24, 2.45) is 0 Å². The van der Waals surface area contributed by atoms with E-state index in [1.807, 2.05) is 0 Å². The number of imide groups is 1. The number of carbonyl (C=O) groups is 3. The summed E-state index contributed by atoms with van der Waals surface area (Å²) in [6.07, 6.45) is 0. The second-order valence-electron chi connectivity index (χ2n) is 6.79. The molecule has 0 bridgehead atoms. The molecule has 0 unspecified atom stereocenters. The SMILES string of the molecule is O=C(c1ccccc1)c1cc([N+](=O)[O-])ccc1SCCN1C(=O)c2ccccc2C1=O. The fraction of sp³-hybridized carbons (Fsp3) is 0.0870. The molecule has 0 fully saturated rings. The topological polar surface area (TPSA) is 97.6 Å². The number of non-ortho nitro benzene ring substituents is 1. The predicted octanol–water partition coefficient (Wildman–Crippen LogP) is 4.21. The van der Waals surface area contributed by atoms with Crippen LogP contribution in [0.1, 0.15) is 36.6 Å². The van der Waals surface area contributed by atoms with Crippen LogP contribution in [0.3, 0.4) is 0 Å². The molecule has 3 aromatic rings. The second kappa shape index (κ2) is 8.53. The van der Waals surface area contributed by atoms with Gasteiger partial charge in [0.05, 0.1) is 16.1 Å². The van der Waals surface area contributed by atoms with Gasteiger partial charge in [0.25, 0.3) is 17.5 Å². The second-order valence-corrected chi connectivity index (χ2v) is 7.93. The summed E-state index contributed by atoms with van der Waals surface area (Å²) < 4.78 is 0. The maximum absolute atomic E-state index is 13.0. The van der Waals surface area contributed by atoms with Crippen LogP contribution in [0.5, 0.6) is 0 Å². The van der Waals surface area contributed by atoms with Crippen LogP contribution >= 0.6 is 11.8 Å². The largest absolute Gasteiger partial charge is 0.289 e. The zero-order valence-corrected chi connectivity index (χ0v) is 17.0. The first-order chi connectivity index (χ1) is 15.0. The molecule has 2 amide bonds. The normalized spacial score (nSPS) is 12.7. The van der Waals surface area contributed by atoms with Crippen LogP contribution in [0.4, 0.5) is 5.69 Å². The van der Waals surface area contributed by atoms with Crippen LogP contribution in [0, 0.1) is 10.1 Å². The van der Waals surface area contributed by atoms with Crippen LogP contribution in [0.25, 0.3) is 0 Å². The third-order valence-corrected chi connectivity index (χ3v) is 5.96.